The number of rotatable bonds is 2. The van der Waals surface area contributed by atoms with Crippen LogP contribution < -0.4 is 10.6 Å². The molecule has 126 valence electrons. The Bertz CT molecular complexity index is 1010. The third kappa shape index (κ3) is 2.74. The second-order valence-electron chi connectivity index (χ2n) is 6.18. The largest absolute Gasteiger partial charge is 0.369 e. The highest BCUT2D eigenvalue weighted by atomic mass is 35.5. The molecule has 0 aliphatic heterocycles. The van der Waals surface area contributed by atoms with E-state index in [2.05, 4.69) is 29.3 Å². The summed E-state index contributed by atoms with van der Waals surface area (Å²) in [5.74, 6) is 0.379. The second kappa shape index (κ2) is 6.25. The van der Waals surface area contributed by atoms with Crippen molar-refractivity contribution < 1.29 is 0 Å². The van der Waals surface area contributed by atoms with E-state index in [1.165, 1.54) is 21.9 Å². The summed E-state index contributed by atoms with van der Waals surface area (Å²) in [6.45, 7) is 0. The van der Waals surface area contributed by atoms with E-state index in [4.69, 9.17) is 28.9 Å². The fourth-order valence-corrected chi connectivity index (χ4v) is 3.85. The number of hydrogen-bond acceptors (Lipinski definition) is 1. The van der Waals surface area contributed by atoms with Crippen molar-refractivity contribution in [2.75, 3.05) is 11.9 Å². The molecule has 3 nitrogen and oxygen atoms in total. The third-order valence-electron chi connectivity index (χ3n) is 4.73. The SMILES string of the molecule is CN(C(N)=Nc1ccc2cccc3c2c1CC3)c1cccc(Cl)c1Cl. The highest BCUT2D eigenvalue weighted by molar-refractivity contribution is 6.44. The van der Waals surface area contributed by atoms with E-state index >= 15 is 0 Å². The lowest BCUT2D eigenvalue weighted by molar-refractivity contribution is 1.02. The van der Waals surface area contributed by atoms with Crippen molar-refractivity contribution in [3.63, 3.8) is 0 Å². The van der Waals surface area contributed by atoms with Crippen molar-refractivity contribution in [1.29, 1.82) is 0 Å². The molecule has 0 heterocycles. The molecule has 1 aliphatic carbocycles. The first-order chi connectivity index (χ1) is 12.1. The highest BCUT2D eigenvalue weighted by Crippen LogP contribution is 2.37. The molecule has 0 fully saturated rings. The lowest BCUT2D eigenvalue weighted by atomic mass is 10.0. The molecular weight excluding hydrogens is 353 g/mol. The smallest absolute Gasteiger partial charge is 0.200 e. The summed E-state index contributed by atoms with van der Waals surface area (Å²) >= 11 is 12.4. The van der Waals surface area contributed by atoms with Gasteiger partial charge in [0.1, 0.15) is 0 Å². The first kappa shape index (κ1) is 16.2. The maximum Gasteiger partial charge on any atom is 0.200 e. The van der Waals surface area contributed by atoms with Gasteiger partial charge in [0.25, 0.3) is 0 Å². The molecule has 25 heavy (non-hydrogen) atoms. The summed E-state index contributed by atoms with van der Waals surface area (Å²) in [5, 5.41) is 3.54. The monoisotopic (exact) mass is 369 g/mol. The van der Waals surface area contributed by atoms with Crippen LogP contribution in [0.15, 0.2) is 53.5 Å². The molecule has 4 rings (SSSR count). The van der Waals surface area contributed by atoms with Crippen molar-refractivity contribution in [1.82, 2.24) is 0 Å². The van der Waals surface area contributed by atoms with E-state index in [1.807, 2.05) is 25.2 Å². The predicted octanol–water partition coefficient (Wildman–Crippen LogP) is 5.33. The van der Waals surface area contributed by atoms with Crippen LogP contribution in [-0.4, -0.2) is 13.0 Å². The number of aliphatic imine (C=N–C) groups is 1. The van der Waals surface area contributed by atoms with Crippen LogP contribution in [0.4, 0.5) is 11.4 Å². The zero-order valence-electron chi connectivity index (χ0n) is 13.8. The molecule has 0 atom stereocenters. The number of nitrogens with two attached hydrogens (primary N) is 1. The van der Waals surface area contributed by atoms with Gasteiger partial charge in [0.15, 0.2) is 0 Å². The Kier molecular flexibility index (Phi) is 4.06. The molecule has 1 aliphatic rings. The Labute approximate surface area is 156 Å². The van der Waals surface area contributed by atoms with Crippen LogP contribution in [0.5, 0.6) is 0 Å². The number of hydrogen-bond donors (Lipinski definition) is 1. The number of halogens is 2. The molecule has 5 heteroatoms. The lowest BCUT2D eigenvalue weighted by Gasteiger charge is -2.20. The quantitative estimate of drug-likeness (QED) is 0.490. The van der Waals surface area contributed by atoms with Gasteiger partial charge >= 0.3 is 0 Å². The molecule has 0 aromatic heterocycles. The molecule has 3 aromatic rings. The molecule has 0 saturated carbocycles. The van der Waals surface area contributed by atoms with Gasteiger partial charge in [-0.1, -0.05) is 53.5 Å². The average Bonchev–Trinajstić information content (AvgIpc) is 3.05. The van der Waals surface area contributed by atoms with Gasteiger partial charge in [-0.3, -0.25) is 0 Å². The van der Waals surface area contributed by atoms with Crippen molar-refractivity contribution in [2.24, 2.45) is 10.7 Å². The predicted molar refractivity (Wildman–Crippen MR) is 108 cm³/mol. The number of benzene rings is 3. The summed E-state index contributed by atoms with van der Waals surface area (Å²) < 4.78 is 0. The van der Waals surface area contributed by atoms with Crippen LogP contribution in [0.2, 0.25) is 10.0 Å². The molecule has 0 unspecified atom stereocenters. The molecular formula is C20H17Cl2N3. The lowest BCUT2D eigenvalue weighted by Crippen LogP contribution is -2.33. The van der Waals surface area contributed by atoms with Gasteiger partial charge in [0.2, 0.25) is 5.96 Å². The molecule has 0 radical (unpaired) electrons. The van der Waals surface area contributed by atoms with Gasteiger partial charge < -0.3 is 10.6 Å². The summed E-state index contributed by atoms with van der Waals surface area (Å²) in [5.41, 5.74) is 10.6. The zero-order valence-corrected chi connectivity index (χ0v) is 15.3. The van der Waals surface area contributed by atoms with Crippen LogP contribution in [0.25, 0.3) is 10.8 Å². The molecule has 0 saturated heterocycles. The zero-order chi connectivity index (χ0) is 17.6. The molecule has 0 spiro atoms. The van der Waals surface area contributed by atoms with E-state index in [-0.39, 0.29) is 0 Å². The highest BCUT2D eigenvalue weighted by Gasteiger charge is 2.18. The van der Waals surface area contributed by atoms with Crippen LogP contribution in [-0.2, 0) is 12.8 Å². The number of guanidine groups is 1. The first-order valence-electron chi connectivity index (χ1n) is 8.11. The molecule has 0 amide bonds. The van der Waals surface area contributed by atoms with Crippen molar-refractivity contribution in [3.8, 4) is 0 Å². The van der Waals surface area contributed by atoms with E-state index < -0.39 is 0 Å². The fourth-order valence-electron chi connectivity index (χ4n) is 3.42. The van der Waals surface area contributed by atoms with E-state index in [9.17, 15) is 0 Å². The van der Waals surface area contributed by atoms with Crippen LogP contribution in [0, 0.1) is 0 Å². The topological polar surface area (TPSA) is 41.6 Å². The molecule has 3 aromatic carbocycles. The summed E-state index contributed by atoms with van der Waals surface area (Å²) in [6.07, 6.45) is 2.04. The second-order valence-corrected chi connectivity index (χ2v) is 6.97. The molecule has 0 bridgehead atoms. The summed E-state index contributed by atoms with van der Waals surface area (Å²) in [4.78, 5) is 6.43. The van der Waals surface area contributed by atoms with Gasteiger partial charge in [0, 0.05) is 7.05 Å². The Morgan fingerprint density at radius 3 is 2.68 bits per heavy atom. The fraction of sp³-hybridized carbons (Fsp3) is 0.150. The Hall–Kier alpha value is -2.23. The number of nitrogens with zero attached hydrogens (tertiary/aromatic N) is 2. The van der Waals surface area contributed by atoms with Gasteiger partial charge in [-0.2, -0.15) is 0 Å². The van der Waals surface area contributed by atoms with Gasteiger partial charge in [-0.15, -0.1) is 0 Å². The minimum Gasteiger partial charge on any atom is -0.369 e. The Balaban J connectivity index is 1.77. The maximum absolute atomic E-state index is 6.30. The van der Waals surface area contributed by atoms with E-state index in [0.717, 1.165) is 24.2 Å². The van der Waals surface area contributed by atoms with Gasteiger partial charge in [0.05, 0.1) is 21.4 Å². The van der Waals surface area contributed by atoms with Crippen molar-refractivity contribution in [2.45, 2.75) is 12.8 Å². The molecule has 2 N–H and O–H groups in total. The van der Waals surface area contributed by atoms with Crippen molar-refractivity contribution >= 4 is 51.3 Å². The maximum atomic E-state index is 6.30. The normalized spacial score (nSPS) is 13.5. The van der Waals surface area contributed by atoms with Crippen LogP contribution in [0.3, 0.4) is 0 Å². The third-order valence-corrected chi connectivity index (χ3v) is 5.54. The average molecular weight is 370 g/mol. The van der Waals surface area contributed by atoms with Crippen LogP contribution in [0.1, 0.15) is 11.1 Å². The Morgan fingerprint density at radius 1 is 1.04 bits per heavy atom. The van der Waals surface area contributed by atoms with Crippen LogP contribution >= 0.6 is 23.2 Å². The summed E-state index contributed by atoms with van der Waals surface area (Å²) in [7, 11) is 1.84. The first-order valence-corrected chi connectivity index (χ1v) is 8.87. The summed E-state index contributed by atoms with van der Waals surface area (Å²) in [6, 6.07) is 16.0. The van der Waals surface area contributed by atoms with E-state index in [1.54, 1.807) is 11.0 Å². The number of anilines is 1. The minimum absolute atomic E-state index is 0.379. The van der Waals surface area contributed by atoms with E-state index in [0.29, 0.717) is 16.0 Å². The standard InChI is InChI=1S/C20H17Cl2N3/c1-25(17-7-3-6-15(21)19(17)22)20(23)24-16-11-9-13-5-2-4-12-8-10-14(16)18(12)13/h2-7,9,11H,8,10H2,1H3,(H2,23,24). The Morgan fingerprint density at radius 2 is 1.84 bits per heavy atom. The van der Waals surface area contributed by atoms with Gasteiger partial charge in [-0.05, 0) is 52.9 Å². The minimum atomic E-state index is 0.379. The van der Waals surface area contributed by atoms with Gasteiger partial charge in [-0.25, -0.2) is 4.99 Å². The number of aryl methyl sites for hydroxylation is 2. The van der Waals surface area contributed by atoms with Crippen molar-refractivity contribution in [3.05, 3.63) is 69.7 Å².